The number of anilines is 1. The van der Waals surface area contributed by atoms with Crippen molar-refractivity contribution in [2.24, 2.45) is 0 Å². The Balaban J connectivity index is 2.03. The molecule has 1 aromatic heterocycles. The zero-order valence-electron chi connectivity index (χ0n) is 13.4. The summed E-state index contributed by atoms with van der Waals surface area (Å²) in [5.41, 5.74) is 2.01. The van der Waals surface area contributed by atoms with Crippen LogP contribution < -0.4 is 15.4 Å². The SMILES string of the molecule is COc1n[nH]c2c3c(c(NC=O)cc12)C(c1cc(F)ccc1Cl)NC3=O. The molecule has 1 aliphatic rings. The minimum atomic E-state index is -0.721. The van der Waals surface area contributed by atoms with Gasteiger partial charge in [0.1, 0.15) is 5.82 Å². The highest BCUT2D eigenvalue weighted by molar-refractivity contribution is 6.31. The van der Waals surface area contributed by atoms with Crippen LogP contribution in [-0.4, -0.2) is 29.6 Å². The molecule has 0 aliphatic carbocycles. The van der Waals surface area contributed by atoms with Crippen LogP contribution in [0.1, 0.15) is 27.5 Å². The number of amides is 2. The van der Waals surface area contributed by atoms with Crippen molar-refractivity contribution in [1.29, 1.82) is 0 Å². The number of benzene rings is 2. The number of rotatable bonds is 4. The fourth-order valence-corrected chi connectivity index (χ4v) is 3.50. The number of aromatic amines is 1. The quantitative estimate of drug-likeness (QED) is 0.612. The van der Waals surface area contributed by atoms with Crippen LogP contribution in [0.2, 0.25) is 5.02 Å². The van der Waals surface area contributed by atoms with Gasteiger partial charge < -0.3 is 15.4 Å². The molecule has 3 N–H and O–H groups in total. The van der Waals surface area contributed by atoms with Crippen molar-refractivity contribution in [3.8, 4) is 5.88 Å². The molecule has 1 atom stereocenters. The summed E-state index contributed by atoms with van der Waals surface area (Å²) in [7, 11) is 1.45. The molecule has 2 heterocycles. The van der Waals surface area contributed by atoms with Crippen molar-refractivity contribution in [3.63, 3.8) is 0 Å². The molecule has 2 aromatic carbocycles. The van der Waals surface area contributed by atoms with Crippen LogP contribution in [0.15, 0.2) is 24.3 Å². The normalized spacial score (nSPS) is 15.7. The molecule has 0 saturated carbocycles. The minimum Gasteiger partial charge on any atom is -0.480 e. The van der Waals surface area contributed by atoms with Crippen molar-refractivity contribution in [2.45, 2.75) is 6.04 Å². The number of hydrogen-bond acceptors (Lipinski definition) is 4. The van der Waals surface area contributed by atoms with Crippen LogP contribution in [0.3, 0.4) is 0 Å². The molecular weight excluding hydrogens is 363 g/mol. The van der Waals surface area contributed by atoms with Gasteiger partial charge in [-0.05, 0) is 24.3 Å². The molecule has 0 fully saturated rings. The predicted octanol–water partition coefficient (Wildman–Crippen LogP) is 2.77. The third kappa shape index (κ3) is 2.30. The first-order chi connectivity index (χ1) is 12.5. The first-order valence-electron chi connectivity index (χ1n) is 7.60. The van der Waals surface area contributed by atoms with Gasteiger partial charge in [-0.3, -0.25) is 14.7 Å². The summed E-state index contributed by atoms with van der Waals surface area (Å²) in [4.78, 5) is 23.8. The highest BCUT2D eigenvalue weighted by atomic mass is 35.5. The number of ether oxygens (including phenoxy) is 1. The number of carbonyl (C=O) groups is 2. The van der Waals surface area contributed by atoms with Gasteiger partial charge >= 0.3 is 0 Å². The van der Waals surface area contributed by atoms with Gasteiger partial charge in [0.25, 0.3) is 5.91 Å². The molecule has 1 unspecified atom stereocenters. The van der Waals surface area contributed by atoms with E-state index in [1.807, 2.05) is 0 Å². The fraction of sp³-hybridized carbons (Fsp3) is 0.118. The van der Waals surface area contributed by atoms with Crippen LogP contribution in [0.4, 0.5) is 10.1 Å². The van der Waals surface area contributed by atoms with E-state index in [4.69, 9.17) is 16.3 Å². The van der Waals surface area contributed by atoms with Gasteiger partial charge in [0.15, 0.2) is 0 Å². The van der Waals surface area contributed by atoms with E-state index >= 15 is 0 Å². The lowest BCUT2D eigenvalue weighted by Gasteiger charge is -2.17. The maximum Gasteiger partial charge on any atom is 0.254 e. The molecule has 1 aliphatic heterocycles. The van der Waals surface area contributed by atoms with Crippen LogP contribution in [-0.2, 0) is 4.79 Å². The second-order valence-corrected chi connectivity index (χ2v) is 6.11. The van der Waals surface area contributed by atoms with E-state index in [0.29, 0.717) is 44.7 Å². The molecule has 9 heteroatoms. The topological polar surface area (TPSA) is 96.1 Å². The van der Waals surface area contributed by atoms with Gasteiger partial charge in [0.05, 0.1) is 29.6 Å². The molecule has 0 saturated heterocycles. The molecule has 132 valence electrons. The number of nitrogens with one attached hydrogen (secondary N) is 3. The molecule has 0 radical (unpaired) electrons. The summed E-state index contributed by atoms with van der Waals surface area (Å²) in [5.74, 6) is -0.589. The summed E-state index contributed by atoms with van der Waals surface area (Å²) >= 11 is 6.22. The van der Waals surface area contributed by atoms with Crippen molar-refractivity contribution in [3.05, 3.63) is 51.8 Å². The largest absolute Gasteiger partial charge is 0.480 e. The predicted molar refractivity (Wildman–Crippen MR) is 93.1 cm³/mol. The van der Waals surface area contributed by atoms with Crippen LogP contribution in [0.5, 0.6) is 5.88 Å². The molecule has 7 nitrogen and oxygen atoms in total. The average molecular weight is 375 g/mol. The number of fused-ring (bicyclic) bond motifs is 3. The Morgan fingerprint density at radius 2 is 2.19 bits per heavy atom. The molecule has 2 amide bonds. The number of aromatic nitrogens is 2. The van der Waals surface area contributed by atoms with Crippen LogP contribution in [0, 0.1) is 5.82 Å². The molecular formula is C17H12ClFN4O3. The number of H-pyrrole nitrogens is 1. The molecule has 0 bridgehead atoms. The number of nitrogens with zero attached hydrogens (tertiary/aromatic N) is 1. The Kier molecular flexibility index (Phi) is 3.77. The second kappa shape index (κ2) is 5.99. The Bertz CT molecular complexity index is 1070. The molecule has 4 rings (SSSR count). The number of carbonyl (C=O) groups excluding carboxylic acids is 2. The van der Waals surface area contributed by atoms with Crippen molar-refractivity contribution < 1.29 is 18.7 Å². The number of methoxy groups -OCH3 is 1. The second-order valence-electron chi connectivity index (χ2n) is 5.70. The van der Waals surface area contributed by atoms with E-state index in [2.05, 4.69) is 20.8 Å². The van der Waals surface area contributed by atoms with Crippen LogP contribution >= 0.6 is 11.6 Å². The lowest BCUT2D eigenvalue weighted by atomic mass is 9.94. The van der Waals surface area contributed by atoms with E-state index in [1.54, 1.807) is 6.07 Å². The Hall–Kier alpha value is -3.13. The van der Waals surface area contributed by atoms with Crippen molar-refractivity contribution >= 4 is 40.5 Å². The molecule has 3 aromatic rings. The standard InChI is InChI=1S/C17H12ClFN4O3/c1-26-17-9-5-11(20-6-24)12-13(15(9)22-23-17)16(25)21-14(12)8-4-7(19)2-3-10(8)18/h2-6,14H,1H3,(H,20,24)(H,21,25)(H,22,23). The summed E-state index contributed by atoms with van der Waals surface area (Å²) in [5, 5.41) is 13.0. The lowest BCUT2D eigenvalue weighted by molar-refractivity contribution is -0.105. The smallest absolute Gasteiger partial charge is 0.254 e. The molecule has 26 heavy (non-hydrogen) atoms. The Labute approximate surface area is 151 Å². The third-order valence-electron chi connectivity index (χ3n) is 4.34. The van der Waals surface area contributed by atoms with E-state index in [9.17, 15) is 14.0 Å². The first-order valence-corrected chi connectivity index (χ1v) is 7.98. The van der Waals surface area contributed by atoms with E-state index in [-0.39, 0.29) is 5.88 Å². The molecule has 0 spiro atoms. The van der Waals surface area contributed by atoms with Crippen molar-refractivity contribution in [2.75, 3.05) is 12.4 Å². The van der Waals surface area contributed by atoms with E-state index in [1.165, 1.54) is 25.3 Å². The lowest BCUT2D eigenvalue weighted by Crippen LogP contribution is -2.20. The van der Waals surface area contributed by atoms with Gasteiger partial charge in [-0.25, -0.2) is 4.39 Å². The summed E-state index contributed by atoms with van der Waals surface area (Å²) in [6.45, 7) is 0. The Morgan fingerprint density at radius 1 is 1.38 bits per heavy atom. The highest BCUT2D eigenvalue weighted by Gasteiger charge is 2.36. The Morgan fingerprint density at radius 3 is 2.92 bits per heavy atom. The number of halogens is 2. The van der Waals surface area contributed by atoms with Gasteiger partial charge in [-0.1, -0.05) is 11.6 Å². The van der Waals surface area contributed by atoms with Crippen LogP contribution in [0.25, 0.3) is 10.9 Å². The van der Waals surface area contributed by atoms with Crippen molar-refractivity contribution in [1.82, 2.24) is 15.5 Å². The third-order valence-corrected chi connectivity index (χ3v) is 4.68. The van der Waals surface area contributed by atoms with Gasteiger partial charge in [-0.2, -0.15) is 0 Å². The summed E-state index contributed by atoms with van der Waals surface area (Å²) in [6.07, 6.45) is 0.501. The average Bonchev–Trinajstić information content (AvgIpc) is 3.18. The summed E-state index contributed by atoms with van der Waals surface area (Å²) in [6, 6.07) is 4.83. The monoisotopic (exact) mass is 374 g/mol. The van der Waals surface area contributed by atoms with Gasteiger partial charge in [0, 0.05) is 21.8 Å². The highest BCUT2D eigenvalue weighted by Crippen LogP contribution is 2.43. The zero-order chi connectivity index (χ0) is 18.4. The van der Waals surface area contributed by atoms with E-state index in [0.717, 1.165) is 0 Å². The fourth-order valence-electron chi connectivity index (χ4n) is 3.27. The summed E-state index contributed by atoms with van der Waals surface area (Å²) < 4.78 is 18.9. The zero-order valence-corrected chi connectivity index (χ0v) is 14.1. The number of hydrogen-bond donors (Lipinski definition) is 3. The maximum atomic E-state index is 13.7. The first kappa shape index (κ1) is 16.3. The maximum absolute atomic E-state index is 13.7. The van der Waals surface area contributed by atoms with E-state index < -0.39 is 17.8 Å². The van der Waals surface area contributed by atoms with Gasteiger partial charge in [0.2, 0.25) is 12.3 Å². The van der Waals surface area contributed by atoms with Gasteiger partial charge in [-0.15, -0.1) is 5.10 Å². The minimum absolute atomic E-state index is 0.289.